The van der Waals surface area contributed by atoms with Gasteiger partial charge in [0.1, 0.15) is 17.3 Å². The first-order valence-electron chi connectivity index (χ1n) is 7.74. The van der Waals surface area contributed by atoms with Crippen LogP contribution < -0.4 is 20.2 Å². The molecule has 0 saturated heterocycles. The fraction of sp³-hybridized carbons (Fsp3) is 0.167. The van der Waals surface area contributed by atoms with Crippen LogP contribution in [0.3, 0.4) is 0 Å². The normalized spacial score (nSPS) is 10.4. The smallest absolute Gasteiger partial charge is 0.329 e. The Hall–Kier alpha value is -3.42. The second-order valence-electron chi connectivity index (χ2n) is 5.00. The van der Waals surface area contributed by atoms with E-state index in [9.17, 15) is 14.0 Å². The molecule has 0 aromatic heterocycles. The number of anilines is 1. The van der Waals surface area contributed by atoms with Crippen molar-refractivity contribution in [1.29, 1.82) is 0 Å². The molecule has 2 amide bonds. The van der Waals surface area contributed by atoms with Gasteiger partial charge >= 0.3 is 11.8 Å². The summed E-state index contributed by atoms with van der Waals surface area (Å²) in [6, 6.07) is 10.2. The van der Waals surface area contributed by atoms with Gasteiger partial charge in [-0.25, -0.2) is 9.82 Å². The van der Waals surface area contributed by atoms with Crippen molar-refractivity contribution in [2.45, 2.75) is 6.92 Å². The van der Waals surface area contributed by atoms with Gasteiger partial charge in [-0.1, -0.05) is 0 Å². The third kappa shape index (κ3) is 5.30. The molecule has 2 aromatic rings. The Morgan fingerprint density at radius 2 is 1.88 bits per heavy atom. The lowest BCUT2D eigenvalue weighted by molar-refractivity contribution is -0.136. The molecule has 0 saturated carbocycles. The van der Waals surface area contributed by atoms with Crippen molar-refractivity contribution in [2.24, 2.45) is 5.10 Å². The molecule has 0 heterocycles. The van der Waals surface area contributed by atoms with Crippen LogP contribution in [0.1, 0.15) is 12.5 Å². The highest BCUT2D eigenvalue weighted by Crippen LogP contribution is 2.22. The van der Waals surface area contributed by atoms with Gasteiger partial charge < -0.3 is 14.8 Å². The van der Waals surface area contributed by atoms with Gasteiger partial charge in [-0.05, 0) is 49.4 Å². The quantitative estimate of drug-likeness (QED) is 0.471. The molecule has 2 N–H and O–H groups in total. The number of hydrogen-bond donors (Lipinski definition) is 2. The molecule has 136 valence electrons. The molecule has 0 aliphatic rings. The van der Waals surface area contributed by atoms with E-state index in [1.807, 2.05) is 6.92 Å². The highest BCUT2D eigenvalue weighted by atomic mass is 19.1. The molecule has 0 aliphatic heterocycles. The van der Waals surface area contributed by atoms with E-state index in [1.165, 1.54) is 37.6 Å². The maximum atomic E-state index is 12.8. The van der Waals surface area contributed by atoms with E-state index in [-0.39, 0.29) is 0 Å². The number of benzene rings is 2. The topological polar surface area (TPSA) is 89.0 Å². The summed E-state index contributed by atoms with van der Waals surface area (Å²) < 4.78 is 23.4. The molecule has 0 radical (unpaired) electrons. The Labute approximate surface area is 149 Å². The second-order valence-corrected chi connectivity index (χ2v) is 5.00. The zero-order valence-corrected chi connectivity index (χ0v) is 14.3. The number of halogens is 1. The van der Waals surface area contributed by atoms with Crippen LogP contribution in [0.2, 0.25) is 0 Å². The van der Waals surface area contributed by atoms with E-state index in [0.29, 0.717) is 29.4 Å². The number of carbonyl (C=O) groups is 2. The minimum absolute atomic E-state index is 0.293. The molecule has 2 rings (SSSR count). The van der Waals surface area contributed by atoms with Gasteiger partial charge in [-0.2, -0.15) is 5.10 Å². The van der Waals surface area contributed by atoms with E-state index < -0.39 is 17.6 Å². The van der Waals surface area contributed by atoms with Gasteiger partial charge in [0.15, 0.2) is 0 Å². The van der Waals surface area contributed by atoms with E-state index in [1.54, 1.807) is 18.2 Å². The minimum atomic E-state index is -0.967. The van der Waals surface area contributed by atoms with E-state index in [2.05, 4.69) is 15.8 Å². The van der Waals surface area contributed by atoms with E-state index >= 15 is 0 Å². The van der Waals surface area contributed by atoms with Gasteiger partial charge in [0.2, 0.25) is 0 Å². The molecule has 8 heteroatoms. The zero-order chi connectivity index (χ0) is 18.9. The molecule has 0 aliphatic carbocycles. The van der Waals surface area contributed by atoms with Crippen LogP contribution in [0, 0.1) is 5.82 Å². The molecule has 0 bridgehead atoms. The van der Waals surface area contributed by atoms with Gasteiger partial charge in [-0.15, -0.1) is 0 Å². The summed E-state index contributed by atoms with van der Waals surface area (Å²) in [6.45, 7) is 2.36. The average molecular weight is 359 g/mol. The number of nitrogens with zero attached hydrogens (tertiary/aromatic N) is 1. The fourth-order valence-corrected chi connectivity index (χ4v) is 2.00. The number of hydrazone groups is 1. The molecule has 0 fully saturated rings. The van der Waals surface area contributed by atoms with Gasteiger partial charge in [0.05, 0.1) is 19.9 Å². The third-order valence-corrected chi connectivity index (χ3v) is 3.19. The van der Waals surface area contributed by atoms with Crippen LogP contribution in [-0.2, 0) is 9.59 Å². The highest BCUT2D eigenvalue weighted by molar-refractivity contribution is 6.39. The Kier molecular flexibility index (Phi) is 6.67. The summed E-state index contributed by atoms with van der Waals surface area (Å²) in [5.74, 6) is -1.19. The standard InChI is InChI=1S/C18H18FN3O4/c1-3-26-15-8-9-16(25-2)12(10-15)11-20-22-18(24)17(23)21-14-6-4-13(19)5-7-14/h4-11H,3H2,1-2H3,(H,21,23)(H,22,24)/b20-11-. The predicted molar refractivity (Wildman–Crippen MR) is 94.9 cm³/mol. The Morgan fingerprint density at radius 1 is 1.15 bits per heavy atom. The van der Waals surface area contributed by atoms with Crippen molar-refractivity contribution in [3.63, 3.8) is 0 Å². The molecule has 2 aromatic carbocycles. The van der Waals surface area contributed by atoms with Gasteiger partial charge in [0.25, 0.3) is 0 Å². The van der Waals surface area contributed by atoms with Crippen molar-refractivity contribution in [3.05, 3.63) is 53.8 Å². The number of methoxy groups -OCH3 is 1. The molecule has 7 nitrogen and oxygen atoms in total. The van der Waals surface area contributed by atoms with Crippen LogP contribution >= 0.6 is 0 Å². The number of nitrogens with one attached hydrogen (secondary N) is 2. The monoisotopic (exact) mass is 359 g/mol. The first kappa shape index (κ1) is 18.9. The Bertz CT molecular complexity index is 807. The summed E-state index contributed by atoms with van der Waals surface area (Å²) in [4.78, 5) is 23.5. The maximum absolute atomic E-state index is 12.8. The molecule has 0 unspecified atom stereocenters. The molecule has 0 atom stereocenters. The SMILES string of the molecule is CCOc1ccc(OC)c(/C=N\NC(=O)C(=O)Nc2ccc(F)cc2)c1. The molecular formula is C18H18FN3O4. The van der Waals surface area contributed by atoms with E-state index in [4.69, 9.17) is 9.47 Å². The number of carbonyl (C=O) groups excluding carboxylic acids is 2. The van der Waals surface area contributed by atoms with Crippen molar-refractivity contribution in [1.82, 2.24) is 5.43 Å². The lowest BCUT2D eigenvalue weighted by Gasteiger charge is -2.08. The number of hydrogen-bond acceptors (Lipinski definition) is 5. The summed E-state index contributed by atoms with van der Waals surface area (Å²) in [6.07, 6.45) is 1.34. The van der Waals surface area contributed by atoms with Crippen LogP contribution in [-0.4, -0.2) is 31.7 Å². The molecule has 26 heavy (non-hydrogen) atoms. The summed E-state index contributed by atoms with van der Waals surface area (Å²) >= 11 is 0. The molecule has 0 spiro atoms. The largest absolute Gasteiger partial charge is 0.496 e. The number of ether oxygens (including phenoxy) is 2. The number of amides is 2. The summed E-state index contributed by atoms with van der Waals surface area (Å²) in [7, 11) is 1.50. The highest BCUT2D eigenvalue weighted by Gasteiger charge is 2.13. The van der Waals surface area contributed by atoms with Gasteiger partial charge in [-0.3, -0.25) is 9.59 Å². The van der Waals surface area contributed by atoms with Crippen LogP contribution in [0.25, 0.3) is 0 Å². The third-order valence-electron chi connectivity index (χ3n) is 3.19. The van der Waals surface area contributed by atoms with Crippen LogP contribution in [0.15, 0.2) is 47.6 Å². The summed E-state index contributed by atoms with van der Waals surface area (Å²) in [5.41, 5.74) is 2.97. The van der Waals surface area contributed by atoms with Crippen molar-refractivity contribution < 1.29 is 23.5 Å². The van der Waals surface area contributed by atoms with Gasteiger partial charge in [0, 0.05) is 11.3 Å². The van der Waals surface area contributed by atoms with E-state index in [0.717, 1.165) is 0 Å². The Morgan fingerprint density at radius 3 is 2.54 bits per heavy atom. The summed E-state index contributed by atoms with van der Waals surface area (Å²) in [5, 5.41) is 6.08. The van der Waals surface area contributed by atoms with Crippen LogP contribution in [0.4, 0.5) is 10.1 Å². The van der Waals surface area contributed by atoms with Crippen LogP contribution in [0.5, 0.6) is 11.5 Å². The lowest BCUT2D eigenvalue weighted by atomic mass is 10.2. The molecular weight excluding hydrogens is 341 g/mol. The first-order chi connectivity index (χ1) is 12.5. The lowest BCUT2D eigenvalue weighted by Crippen LogP contribution is -2.32. The van der Waals surface area contributed by atoms with Crippen molar-refractivity contribution in [2.75, 3.05) is 19.0 Å². The second kappa shape index (κ2) is 9.16. The van der Waals surface area contributed by atoms with Crippen molar-refractivity contribution >= 4 is 23.7 Å². The minimum Gasteiger partial charge on any atom is -0.496 e. The zero-order valence-electron chi connectivity index (χ0n) is 14.3. The fourth-order valence-electron chi connectivity index (χ4n) is 2.00. The maximum Gasteiger partial charge on any atom is 0.329 e. The average Bonchev–Trinajstić information content (AvgIpc) is 2.64. The number of rotatable bonds is 6. The first-order valence-corrected chi connectivity index (χ1v) is 7.74. The van der Waals surface area contributed by atoms with Crippen molar-refractivity contribution in [3.8, 4) is 11.5 Å². The predicted octanol–water partition coefficient (Wildman–Crippen LogP) is 2.32. The Balaban J connectivity index is 1.98.